The molecule has 0 aliphatic heterocycles. The molecule has 0 amide bonds. The van der Waals surface area contributed by atoms with Gasteiger partial charge in [-0.05, 0) is 41.9 Å². The summed E-state index contributed by atoms with van der Waals surface area (Å²) in [7, 11) is 0. The summed E-state index contributed by atoms with van der Waals surface area (Å²) >= 11 is 0. The Labute approximate surface area is 80.7 Å². The van der Waals surface area contributed by atoms with Crippen molar-refractivity contribution in [1.82, 2.24) is 0 Å². The van der Waals surface area contributed by atoms with Crippen molar-refractivity contribution in [2.45, 2.75) is 26.7 Å². The van der Waals surface area contributed by atoms with Gasteiger partial charge in [0.05, 0.1) is 0 Å². The molecule has 0 saturated heterocycles. The Kier molecular flexibility index (Phi) is 1.38. The van der Waals surface area contributed by atoms with E-state index in [0.29, 0.717) is 5.41 Å². The van der Waals surface area contributed by atoms with Crippen LogP contribution in [0.25, 0.3) is 0 Å². The topological polar surface area (TPSA) is 0 Å². The van der Waals surface area contributed by atoms with E-state index in [0.717, 1.165) is 23.7 Å². The molecule has 0 spiro atoms. The van der Waals surface area contributed by atoms with Crippen molar-refractivity contribution in [3.63, 3.8) is 0 Å². The average molecular weight is 174 g/mol. The lowest BCUT2D eigenvalue weighted by Crippen LogP contribution is -2.20. The summed E-state index contributed by atoms with van der Waals surface area (Å²) < 4.78 is 0. The minimum Gasteiger partial charge on any atom is -0.0882 e. The lowest BCUT2D eigenvalue weighted by molar-refractivity contribution is 0.254. The Balaban J connectivity index is 2.04. The van der Waals surface area contributed by atoms with Gasteiger partial charge in [-0.2, -0.15) is 0 Å². The molecule has 13 heavy (non-hydrogen) atoms. The highest BCUT2D eigenvalue weighted by atomic mass is 14.6. The summed E-state index contributed by atoms with van der Waals surface area (Å²) in [6.07, 6.45) is 12.6. The average Bonchev–Trinajstić information content (AvgIpc) is 2.54. The van der Waals surface area contributed by atoms with E-state index >= 15 is 0 Å². The van der Waals surface area contributed by atoms with E-state index in [1.807, 2.05) is 0 Å². The molecule has 0 N–H and O–H groups in total. The maximum absolute atomic E-state index is 2.49. The Morgan fingerprint density at radius 3 is 2.62 bits per heavy atom. The Hall–Kier alpha value is -0.520. The second-order valence-corrected chi connectivity index (χ2v) is 5.50. The van der Waals surface area contributed by atoms with Gasteiger partial charge in [0, 0.05) is 0 Å². The Morgan fingerprint density at radius 1 is 1.08 bits per heavy atom. The minimum absolute atomic E-state index is 0.546. The van der Waals surface area contributed by atoms with Crippen molar-refractivity contribution >= 4 is 0 Å². The summed E-state index contributed by atoms with van der Waals surface area (Å²) in [6, 6.07) is 0. The number of hydrogen-bond donors (Lipinski definition) is 0. The molecule has 2 bridgehead atoms. The van der Waals surface area contributed by atoms with Crippen LogP contribution in [0.2, 0.25) is 0 Å². The number of hydrogen-bond acceptors (Lipinski definition) is 0. The van der Waals surface area contributed by atoms with E-state index in [2.05, 4.69) is 38.2 Å². The first-order valence-corrected chi connectivity index (χ1v) is 5.56. The molecule has 0 heteroatoms. The van der Waals surface area contributed by atoms with Crippen molar-refractivity contribution < 1.29 is 0 Å². The van der Waals surface area contributed by atoms with Crippen LogP contribution in [-0.4, -0.2) is 0 Å². The molecular formula is C13H18. The van der Waals surface area contributed by atoms with Crippen LogP contribution in [0.5, 0.6) is 0 Å². The molecule has 70 valence electrons. The van der Waals surface area contributed by atoms with Gasteiger partial charge in [-0.15, -0.1) is 0 Å². The largest absolute Gasteiger partial charge is 0.0882 e. The predicted molar refractivity (Wildman–Crippen MR) is 55.3 cm³/mol. The maximum atomic E-state index is 2.49. The second-order valence-electron chi connectivity index (χ2n) is 5.50. The van der Waals surface area contributed by atoms with E-state index < -0.39 is 0 Å². The van der Waals surface area contributed by atoms with Gasteiger partial charge in [0.2, 0.25) is 0 Å². The van der Waals surface area contributed by atoms with Crippen LogP contribution in [0.3, 0.4) is 0 Å². The van der Waals surface area contributed by atoms with Gasteiger partial charge in [-0.25, -0.2) is 0 Å². The van der Waals surface area contributed by atoms with E-state index in [9.17, 15) is 0 Å². The van der Waals surface area contributed by atoms with Gasteiger partial charge in [0.1, 0.15) is 0 Å². The fraction of sp³-hybridized carbons (Fsp3) is 0.692. The summed E-state index contributed by atoms with van der Waals surface area (Å²) in [5.74, 6) is 3.54. The van der Waals surface area contributed by atoms with Crippen LogP contribution in [0.4, 0.5) is 0 Å². The maximum Gasteiger partial charge on any atom is -0.0110 e. The molecule has 3 aliphatic carbocycles. The van der Waals surface area contributed by atoms with Crippen LogP contribution >= 0.6 is 0 Å². The second kappa shape index (κ2) is 2.29. The summed E-state index contributed by atoms with van der Waals surface area (Å²) in [5, 5.41) is 0. The Morgan fingerprint density at radius 2 is 1.85 bits per heavy atom. The first-order chi connectivity index (χ1) is 6.21. The molecule has 3 aliphatic rings. The fourth-order valence-corrected chi connectivity index (χ4v) is 3.96. The van der Waals surface area contributed by atoms with Crippen LogP contribution in [0.15, 0.2) is 24.3 Å². The van der Waals surface area contributed by atoms with Crippen LogP contribution in [0, 0.1) is 29.1 Å². The smallest absolute Gasteiger partial charge is 0.0110 e. The van der Waals surface area contributed by atoms with E-state index in [-0.39, 0.29) is 0 Å². The fourth-order valence-electron chi connectivity index (χ4n) is 3.96. The van der Waals surface area contributed by atoms with Crippen molar-refractivity contribution in [3.05, 3.63) is 24.3 Å². The molecule has 0 nitrogen and oxygen atoms in total. The van der Waals surface area contributed by atoms with Crippen LogP contribution < -0.4 is 0 Å². The predicted octanol–water partition coefficient (Wildman–Crippen LogP) is 3.41. The quantitative estimate of drug-likeness (QED) is 0.494. The third-order valence-corrected chi connectivity index (χ3v) is 4.64. The van der Waals surface area contributed by atoms with E-state index in [1.165, 1.54) is 12.8 Å². The van der Waals surface area contributed by atoms with Gasteiger partial charge in [0.15, 0.2) is 0 Å². The molecule has 0 aromatic carbocycles. The third-order valence-electron chi connectivity index (χ3n) is 4.64. The van der Waals surface area contributed by atoms with Crippen molar-refractivity contribution in [3.8, 4) is 0 Å². The molecule has 0 aromatic rings. The molecule has 4 unspecified atom stereocenters. The van der Waals surface area contributed by atoms with Crippen molar-refractivity contribution in [1.29, 1.82) is 0 Å². The van der Waals surface area contributed by atoms with E-state index in [4.69, 9.17) is 0 Å². The number of allylic oxidation sites excluding steroid dienone is 4. The van der Waals surface area contributed by atoms with Crippen molar-refractivity contribution in [2.75, 3.05) is 0 Å². The van der Waals surface area contributed by atoms with Crippen LogP contribution in [0.1, 0.15) is 26.7 Å². The summed E-state index contributed by atoms with van der Waals surface area (Å²) in [5.41, 5.74) is 0.546. The first kappa shape index (κ1) is 7.84. The standard InChI is InChI=1S/C13H18/c1-13(2)11-7-8-12(13)10-6-4-3-5-9(10)11/h3,5,7-12H,4,6H2,1-2H3. The third kappa shape index (κ3) is 0.820. The summed E-state index contributed by atoms with van der Waals surface area (Å²) in [6.45, 7) is 4.91. The SMILES string of the molecule is CC1(C)C2C=CC1C1CCC=CC12. The van der Waals surface area contributed by atoms with Crippen LogP contribution in [-0.2, 0) is 0 Å². The molecule has 0 heterocycles. The van der Waals surface area contributed by atoms with E-state index in [1.54, 1.807) is 0 Å². The highest BCUT2D eigenvalue weighted by Gasteiger charge is 2.55. The molecule has 0 radical (unpaired) electrons. The zero-order valence-corrected chi connectivity index (χ0v) is 8.53. The zero-order chi connectivity index (χ0) is 9.05. The van der Waals surface area contributed by atoms with Gasteiger partial charge < -0.3 is 0 Å². The van der Waals surface area contributed by atoms with Gasteiger partial charge in [-0.1, -0.05) is 38.2 Å². The highest BCUT2D eigenvalue weighted by Crippen LogP contribution is 2.61. The zero-order valence-electron chi connectivity index (χ0n) is 8.53. The van der Waals surface area contributed by atoms with Gasteiger partial charge in [-0.3, -0.25) is 0 Å². The Bertz CT molecular complexity index is 282. The lowest BCUT2D eigenvalue weighted by Gasteiger charge is -2.28. The molecule has 3 rings (SSSR count). The molecule has 1 fully saturated rings. The number of rotatable bonds is 0. The number of fused-ring (bicyclic) bond motifs is 5. The van der Waals surface area contributed by atoms with Crippen molar-refractivity contribution in [2.24, 2.45) is 29.1 Å². The van der Waals surface area contributed by atoms with Gasteiger partial charge in [0.25, 0.3) is 0 Å². The molecule has 4 atom stereocenters. The molecule has 0 aromatic heterocycles. The normalized spacial score (nSPS) is 49.7. The van der Waals surface area contributed by atoms with Gasteiger partial charge >= 0.3 is 0 Å². The molecule has 1 saturated carbocycles. The lowest BCUT2D eigenvalue weighted by atomic mass is 9.77. The first-order valence-electron chi connectivity index (χ1n) is 5.56. The molecular weight excluding hydrogens is 156 g/mol. The highest BCUT2D eigenvalue weighted by molar-refractivity contribution is 5.25. The summed E-state index contributed by atoms with van der Waals surface area (Å²) in [4.78, 5) is 0. The minimum atomic E-state index is 0.546. The monoisotopic (exact) mass is 174 g/mol.